The van der Waals surface area contributed by atoms with Crippen molar-refractivity contribution in [3.8, 4) is 0 Å². The van der Waals surface area contributed by atoms with Crippen LogP contribution in [0, 0.1) is 0 Å². The van der Waals surface area contributed by atoms with Crippen molar-refractivity contribution in [3.05, 3.63) is 60.2 Å². The fourth-order valence-electron chi connectivity index (χ4n) is 1.89. The van der Waals surface area contributed by atoms with E-state index < -0.39 is 6.04 Å². The van der Waals surface area contributed by atoms with Gasteiger partial charge in [-0.25, -0.2) is 0 Å². The van der Waals surface area contributed by atoms with E-state index >= 15 is 0 Å². The molecule has 0 saturated heterocycles. The van der Waals surface area contributed by atoms with Crippen LogP contribution in [0.2, 0.25) is 0 Å². The highest BCUT2D eigenvalue weighted by molar-refractivity contribution is 5.95. The third-order valence-corrected chi connectivity index (χ3v) is 3.07. The smallest absolute Gasteiger partial charge is 0.245 e. The molecule has 0 aliphatic heterocycles. The quantitative estimate of drug-likeness (QED) is 0.896. The summed E-state index contributed by atoms with van der Waals surface area (Å²) in [6.45, 7) is 0. The van der Waals surface area contributed by atoms with Gasteiger partial charge in [0.05, 0.1) is 0 Å². The number of hydrogen-bond donors (Lipinski definition) is 2. The van der Waals surface area contributed by atoms with Gasteiger partial charge in [-0.1, -0.05) is 36.4 Å². The van der Waals surface area contributed by atoms with E-state index in [0.29, 0.717) is 0 Å². The van der Waals surface area contributed by atoms with E-state index in [0.717, 1.165) is 16.9 Å². The summed E-state index contributed by atoms with van der Waals surface area (Å²) in [6, 6.07) is 16.3. The van der Waals surface area contributed by atoms with E-state index in [9.17, 15) is 4.79 Å². The Morgan fingerprint density at radius 3 is 2.45 bits per heavy atom. The van der Waals surface area contributed by atoms with Crippen LogP contribution >= 0.6 is 0 Å². The SMILES string of the molecule is CN(C)c1cccc(NC(=O)[C@@H](N)c2ccccc2)c1. The predicted octanol–water partition coefficient (Wildman–Crippen LogP) is 2.39. The second kappa shape index (κ2) is 6.21. The van der Waals surface area contributed by atoms with Crippen molar-refractivity contribution in [2.45, 2.75) is 6.04 Å². The molecule has 3 N–H and O–H groups in total. The Hall–Kier alpha value is -2.33. The Balaban J connectivity index is 2.10. The standard InChI is InChI=1S/C16H19N3O/c1-19(2)14-10-6-9-13(11-14)18-16(20)15(17)12-7-4-3-5-8-12/h3-11,15H,17H2,1-2H3,(H,18,20)/t15-/m0/s1. The Morgan fingerprint density at radius 2 is 1.80 bits per heavy atom. The molecule has 0 aromatic heterocycles. The maximum atomic E-state index is 12.1. The molecule has 2 aromatic carbocycles. The Morgan fingerprint density at radius 1 is 1.10 bits per heavy atom. The van der Waals surface area contributed by atoms with Gasteiger partial charge in [0, 0.05) is 25.5 Å². The summed E-state index contributed by atoms with van der Waals surface area (Å²) in [5.74, 6) is -0.216. The van der Waals surface area contributed by atoms with Crippen LogP contribution in [0.4, 0.5) is 11.4 Å². The van der Waals surface area contributed by atoms with Crippen molar-refractivity contribution < 1.29 is 4.79 Å². The van der Waals surface area contributed by atoms with Crippen LogP contribution in [0.15, 0.2) is 54.6 Å². The lowest BCUT2D eigenvalue weighted by Gasteiger charge is -2.16. The van der Waals surface area contributed by atoms with Crippen molar-refractivity contribution in [2.75, 3.05) is 24.3 Å². The summed E-state index contributed by atoms with van der Waals surface area (Å²) in [6.07, 6.45) is 0. The first-order valence-corrected chi connectivity index (χ1v) is 6.46. The van der Waals surface area contributed by atoms with Gasteiger partial charge < -0.3 is 16.0 Å². The molecule has 104 valence electrons. The Kier molecular flexibility index (Phi) is 4.38. The molecular weight excluding hydrogens is 250 g/mol. The molecule has 0 radical (unpaired) electrons. The van der Waals surface area contributed by atoms with Crippen LogP contribution in [0.25, 0.3) is 0 Å². The monoisotopic (exact) mass is 269 g/mol. The molecule has 4 heteroatoms. The average Bonchev–Trinajstić information content (AvgIpc) is 2.47. The number of benzene rings is 2. The lowest BCUT2D eigenvalue weighted by molar-refractivity contribution is -0.117. The van der Waals surface area contributed by atoms with E-state index in [4.69, 9.17) is 5.73 Å². The van der Waals surface area contributed by atoms with Crippen LogP contribution in [-0.2, 0) is 4.79 Å². The minimum Gasteiger partial charge on any atom is -0.378 e. The van der Waals surface area contributed by atoms with Gasteiger partial charge in [-0.15, -0.1) is 0 Å². The highest BCUT2D eigenvalue weighted by Crippen LogP contribution is 2.19. The highest BCUT2D eigenvalue weighted by Gasteiger charge is 2.15. The number of nitrogens with zero attached hydrogens (tertiary/aromatic N) is 1. The minimum absolute atomic E-state index is 0.216. The molecule has 0 aliphatic rings. The molecule has 0 aliphatic carbocycles. The number of rotatable bonds is 4. The first-order chi connectivity index (χ1) is 9.58. The van der Waals surface area contributed by atoms with Gasteiger partial charge in [0.2, 0.25) is 5.91 Å². The van der Waals surface area contributed by atoms with Crippen LogP contribution < -0.4 is 16.0 Å². The maximum absolute atomic E-state index is 12.1. The predicted molar refractivity (Wildman–Crippen MR) is 82.8 cm³/mol. The number of hydrogen-bond acceptors (Lipinski definition) is 3. The number of carbonyl (C=O) groups excluding carboxylic acids is 1. The molecule has 1 atom stereocenters. The van der Waals surface area contributed by atoms with Crippen LogP contribution in [0.1, 0.15) is 11.6 Å². The molecular formula is C16H19N3O. The molecule has 4 nitrogen and oxygen atoms in total. The van der Waals surface area contributed by atoms with Gasteiger partial charge in [-0.2, -0.15) is 0 Å². The molecule has 0 bridgehead atoms. The third-order valence-electron chi connectivity index (χ3n) is 3.07. The van der Waals surface area contributed by atoms with E-state index in [1.165, 1.54) is 0 Å². The lowest BCUT2D eigenvalue weighted by atomic mass is 10.1. The first-order valence-electron chi connectivity index (χ1n) is 6.46. The molecule has 1 amide bonds. The first kappa shape index (κ1) is 14.1. The van der Waals surface area contributed by atoms with E-state index in [2.05, 4.69) is 5.32 Å². The van der Waals surface area contributed by atoms with Crippen molar-refractivity contribution in [2.24, 2.45) is 5.73 Å². The highest BCUT2D eigenvalue weighted by atomic mass is 16.2. The second-order valence-corrected chi connectivity index (χ2v) is 4.82. The Labute approximate surface area is 119 Å². The van der Waals surface area contributed by atoms with Crippen molar-refractivity contribution in [1.29, 1.82) is 0 Å². The fourth-order valence-corrected chi connectivity index (χ4v) is 1.89. The van der Waals surface area contributed by atoms with Crippen molar-refractivity contribution in [1.82, 2.24) is 0 Å². The van der Waals surface area contributed by atoms with Crippen LogP contribution in [-0.4, -0.2) is 20.0 Å². The van der Waals surface area contributed by atoms with Crippen molar-refractivity contribution in [3.63, 3.8) is 0 Å². The molecule has 0 heterocycles. The summed E-state index contributed by atoms with van der Waals surface area (Å²) in [4.78, 5) is 14.1. The third kappa shape index (κ3) is 3.36. The average molecular weight is 269 g/mol. The summed E-state index contributed by atoms with van der Waals surface area (Å²) in [5.41, 5.74) is 8.53. The summed E-state index contributed by atoms with van der Waals surface area (Å²) < 4.78 is 0. The van der Waals surface area contributed by atoms with Gasteiger partial charge >= 0.3 is 0 Å². The zero-order valence-corrected chi connectivity index (χ0v) is 11.7. The molecule has 2 aromatic rings. The summed E-state index contributed by atoms with van der Waals surface area (Å²) >= 11 is 0. The molecule has 0 unspecified atom stereocenters. The minimum atomic E-state index is -0.667. The van der Waals surface area contributed by atoms with Gasteiger partial charge in [0.25, 0.3) is 0 Å². The molecule has 0 fully saturated rings. The zero-order valence-electron chi connectivity index (χ0n) is 11.7. The lowest BCUT2D eigenvalue weighted by Crippen LogP contribution is -2.27. The summed E-state index contributed by atoms with van der Waals surface area (Å²) in [5, 5.41) is 2.84. The summed E-state index contributed by atoms with van der Waals surface area (Å²) in [7, 11) is 3.91. The zero-order chi connectivity index (χ0) is 14.5. The van der Waals surface area contributed by atoms with E-state index in [-0.39, 0.29) is 5.91 Å². The maximum Gasteiger partial charge on any atom is 0.245 e. The van der Waals surface area contributed by atoms with Gasteiger partial charge in [-0.05, 0) is 23.8 Å². The van der Waals surface area contributed by atoms with E-state index in [1.54, 1.807) is 0 Å². The largest absolute Gasteiger partial charge is 0.378 e. The Bertz CT molecular complexity index is 581. The number of anilines is 2. The number of nitrogens with one attached hydrogen (secondary N) is 1. The van der Waals surface area contributed by atoms with Crippen molar-refractivity contribution >= 4 is 17.3 Å². The number of amides is 1. The van der Waals surface area contributed by atoms with Crippen LogP contribution in [0.5, 0.6) is 0 Å². The normalized spacial score (nSPS) is 11.8. The molecule has 2 rings (SSSR count). The molecule has 20 heavy (non-hydrogen) atoms. The second-order valence-electron chi connectivity index (χ2n) is 4.82. The fraction of sp³-hybridized carbons (Fsp3) is 0.188. The van der Waals surface area contributed by atoms with Crippen LogP contribution in [0.3, 0.4) is 0 Å². The van der Waals surface area contributed by atoms with Gasteiger partial charge in [-0.3, -0.25) is 4.79 Å². The molecule has 0 saturated carbocycles. The number of carbonyl (C=O) groups is 1. The topological polar surface area (TPSA) is 58.4 Å². The number of nitrogens with two attached hydrogens (primary N) is 1. The van der Waals surface area contributed by atoms with Gasteiger partial charge in [0.1, 0.15) is 6.04 Å². The molecule has 0 spiro atoms. The van der Waals surface area contributed by atoms with E-state index in [1.807, 2.05) is 73.6 Å². The van der Waals surface area contributed by atoms with Gasteiger partial charge in [0.15, 0.2) is 0 Å².